The predicted octanol–water partition coefficient (Wildman–Crippen LogP) is 2.21. The van der Waals surface area contributed by atoms with Gasteiger partial charge in [-0.15, -0.1) is 0 Å². The van der Waals surface area contributed by atoms with Gasteiger partial charge in [0.25, 0.3) is 0 Å². The van der Waals surface area contributed by atoms with E-state index in [1.54, 1.807) is 30.3 Å². The molecule has 0 radical (unpaired) electrons. The number of para-hydroxylation sites is 1. The van der Waals surface area contributed by atoms with E-state index in [0.29, 0.717) is 22.3 Å². The lowest BCUT2D eigenvalue weighted by atomic mass is 9.80. The number of rotatable bonds is 2. The molecule has 1 aromatic heterocycles. The van der Waals surface area contributed by atoms with Crippen LogP contribution in [0.5, 0.6) is 0 Å². The van der Waals surface area contributed by atoms with Crippen molar-refractivity contribution in [3.05, 3.63) is 71.8 Å². The summed E-state index contributed by atoms with van der Waals surface area (Å²) in [5.74, 6) is 0. The van der Waals surface area contributed by atoms with Crippen molar-refractivity contribution >= 4 is 34.4 Å². The van der Waals surface area contributed by atoms with E-state index in [1.807, 2.05) is 34.9 Å². The fourth-order valence-electron chi connectivity index (χ4n) is 3.30. The lowest BCUT2D eigenvalue weighted by Gasteiger charge is -2.09. The van der Waals surface area contributed by atoms with E-state index in [2.05, 4.69) is 12.1 Å². The van der Waals surface area contributed by atoms with Gasteiger partial charge in [0.2, 0.25) is 0 Å². The minimum Gasteiger partial charge on any atom is -0.423 e. The van der Waals surface area contributed by atoms with Crippen LogP contribution in [-0.4, -0.2) is 21.7 Å². The number of benzene rings is 3. The number of hydrogen-bond acceptors (Lipinski definition) is 4. The second-order valence-electron chi connectivity index (χ2n) is 5.99. The highest BCUT2D eigenvalue weighted by atomic mass is 16.4. The van der Waals surface area contributed by atoms with Crippen LogP contribution in [0, 0.1) is 22.7 Å². The van der Waals surface area contributed by atoms with Crippen LogP contribution in [0.25, 0.3) is 27.5 Å². The first-order chi connectivity index (χ1) is 12.6. The average Bonchev–Trinajstić information content (AvgIpc) is 3.01. The lowest BCUT2D eigenvalue weighted by Crippen LogP contribution is -2.29. The molecule has 4 rings (SSSR count). The van der Waals surface area contributed by atoms with Crippen molar-refractivity contribution in [2.45, 2.75) is 0 Å². The number of aromatic nitrogens is 1. The second kappa shape index (κ2) is 6.05. The molecule has 0 bridgehead atoms. The molecule has 0 spiro atoms. The van der Waals surface area contributed by atoms with Gasteiger partial charge in [-0.05, 0) is 35.8 Å². The Kier molecular flexibility index (Phi) is 3.71. The SMILES string of the molecule is N#Cc1cc(C#N)cc(-n2c3ccccc3c3cc(B(O)O)ccc32)c1. The number of nitrogens with zero attached hydrogens (tertiary/aromatic N) is 3. The average molecular weight is 337 g/mol. The van der Waals surface area contributed by atoms with Crippen molar-refractivity contribution in [1.29, 1.82) is 10.5 Å². The first-order valence-electron chi connectivity index (χ1n) is 7.97. The third kappa shape index (κ3) is 2.42. The van der Waals surface area contributed by atoms with Crippen LogP contribution in [-0.2, 0) is 0 Å². The van der Waals surface area contributed by atoms with Gasteiger partial charge in [0.05, 0.1) is 34.3 Å². The molecule has 0 fully saturated rings. The lowest BCUT2D eigenvalue weighted by molar-refractivity contribution is 0.426. The van der Waals surface area contributed by atoms with E-state index in [9.17, 15) is 20.6 Å². The van der Waals surface area contributed by atoms with Gasteiger partial charge in [-0.1, -0.05) is 30.3 Å². The third-order valence-corrected chi connectivity index (χ3v) is 4.43. The molecule has 2 N–H and O–H groups in total. The zero-order valence-corrected chi connectivity index (χ0v) is 13.6. The molecule has 26 heavy (non-hydrogen) atoms. The molecule has 122 valence electrons. The summed E-state index contributed by atoms with van der Waals surface area (Å²) in [6.07, 6.45) is 0. The van der Waals surface area contributed by atoms with Gasteiger partial charge in [-0.2, -0.15) is 10.5 Å². The molecule has 1 heterocycles. The molecule has 4 aromatic rings. The highest BCUT2D eigenvalue weighted by Crippen LogP contribution is 2.32. The molecule has 0 aliphatic carbocycles. The Morgan fingerprint density at radius 2 is 1.42 bits per heavy atom. The Bertz CT molecular complexity index is 1210. The topological polar surface area (TPSA) is 93.0 Å². The fraction of sp³-hybridized carbons (Fsp3) is 0. The first-order valence-corrected chi connectivity index (χ1v) is 7.97. The summed E-state index contributed by atoms with van der Waals surface area (Å²) in [4.78, 5) is 0. The van der Waals surface area contributed by atoms with Crippen LogP contribution in [0.3, 0.4) is 0 Å². The molecule has 0 amide bonds. The molecule has 0 aliphatic heterocycles. The maximum atomic E-state index is 9.49. The molecule has 0 saturated heterocycles. The molecule has 0 saturated carbocycles. The first kappa shape index (κ1) is 15.9. The van der Waals surface area contributed by atoms with Crippen LogP contribution in [0.2, 0.25) is 0 Å². The minimum atomic E-state index is -1.55. The highest BCUT2D eigenvalue weighted by Gasteiger charge is 2.17. The van der Waals surface area contributed by atoms with Gasteiger partial charge in [0.1, 0.15) is 0 Å². The largest absolute Gasteiger partial charge is 0.488 e. The van der Waals surface area contributed by atoms with Crippen molar-refractivity contribution in [2.24, 2.45) is 0 Å². The highest BCUT2D eigenvalue weighted by molar-refractivity contribution is 6.59. The van der Waals surface area contributed by atoms with E-state index in [4.69, 9.17) is 0 Å². The summed E-state index contributed by atoms with van der Waals surface area (Å²) in [5.41, 5.74) is 3.70. The summed E-state index contributed by atoms with van der Waals surface area (Å²) < 4.78 is 1.97. The van der Waals surface area contributed by atoms with Gasteiger partial charge in [0.15, 0.2) is 0 Å². The molecular formula is C20H12BN3O2. The van der Waals surface area contributed by atoms with Crippen molar-refractivity contribution in [1.82, 2.24) is 4.57 Å². The van der Waals surface area contributed by atoms with Gasteiger partial charge in [-0.3, -0.25) is 0 Å². The van der Waals surface area contributed by atoms with E-state index < -0.39 is 7.12 Å². The van der Waals surface area contributed by atoms with Crippen molar-refractivity contribution < 1.29 is 10.0 Å². The van der Waals surface area contributed by atoms with E-state index in [1.165, 1.54) is 0 Å². The monoisotopic (exact) mass is 337 g/mol. The Labute approximate surface area is 149 Å². The normalized spacial score (nSPS) is 10.6. The summed E-state index contributed by atoms with van der Waals surface area (Å²) in [5, 5.41) is 39.4. The van der Waals surface area contributed by atoms with Crippen LogP contribution in [0.4, 0.5) is 0 Å². The molecular weight excluding hydrogens is 325 g/mol. The zero-order chi connectivity index (χ0) is 18.3. The van der Waals surface area contributed by atoms with E-state index in [0.717, 1.165) is 21.8 Å². The summed E-state index contributed by atoms with van der Waals surface area (Å²) in [6.45, 7) is 0. The van der Waals surface area contributed by atoms with Gasteiger partial charge >= 0.3 is 7.12 Å². The maximum absolute atomic E-state index is 9.49. The minimum absolute atomic E-state index is 0.406. The standard InChI is InChI=1S/C20H12BN3O2/c22-11-13-7-14(12-23)9-16(8-13)24-19-4-2-1-3-17(19)18-10-15(21(25)26)5-6-20(18)24/h1-10,25-26H. The smallest absolute Gasteiger partial charge is 0.423 e. The van der Waals surface area contributed by atoms with Crippen LogP contribution in [0.1, 0.15) is 11.1 Å². The molecule has 0 atom stereocenters. The maximum Gasteiger partial charge on any atom is 0.488 e. The van der Waals surface area contributed by atoms with Crippen molar-refractivity contribution in [3.8, 4) is 17.8 Å². The van der Waals surface area contributed by atoms with Crippen molar-refractivity contribution in [3.63, 3.8) is 0 Å². The summed E-state index contributed by atoms with van der Waals surface area (Å²) in [6, 6.07) is 22.2. The van der Waals surface area contributed by atoms with Crippen molar-refractivity contribution in [2.75, 3.05) is 0 Å². The molecule has 0 unspecified atom stereocenters. The van der Waals surface area contributed by atoms with E-state index in [-0.39, 0.29) is 0 Å². The second-order valence-corrected chi connectivity index (χ2v) is 5.99. The Hall–Kier alpha value is -3.58. The van der Waals surface area contributed by atoms with Gasteiger partial charge in [0, 0.05) is 16.5 Å². The molecule has 6 heteroatoms. The van der Waals surface area contributed by atoms with Crippen LogP contribution >= 0.6 is 0 Å². The zero-order valence-electron chi connectivity index (χ0n) is 13.6. The third-order valence-electron chi connectivity index (χ3n) is 4.43. The Morgan fingerprint density at radius 3 is 2.08 bits per heavy atom. The van der Waals surface area contributed by atoms with Crippen LogP contribution in [0.15, 0.2) is 60.7 Å². The van der Waals surface area contributed by atoms with Gasteiger partial charge in [-0.25, -0.2) is 0 Å². The quantitative estimate of drug-likeness (QED) is 0.549. The molecule has 3 aromatic carbocycles. The van der Waals surface area contributed by atoms with Gasteiger partial charge < -0.3 is 14.6 Å². The molecule has 0 aliphatic rings. The number of hydrogen-bond donors (Lipinski definition) is 2. The van der Waals surface area contributed by atoms with Crippen LogP contribution < -0.4 is 5.46 Å². The fourth-order valence-corrected chi connectivity index (χ4v) is 3.30. The predicted molar refractivity (Wildman–Crippen MR) is 100 cm³/mol. The summed E-state index contributed by atoms with van der Waals surface area (Å²) >= 11 is 0. The Balaban J connectivity index is 2.13. The Morgan fingerprint density at radius 1 is 0.769 bits per heavy atom. The summed E-state index contributed by atoms with van der Waals surface area (Å²) in [7, 11) is -1.55. The molecule has 5 nitrogen and oxygen atoms in total. The number of nitriles is 2. The van der Waals surface area contributed by atoms with E-state index >= 15 is 0 Å². The number of fused-ring (bicyclic) bond motifs is 3.